The number of aromatic nitrogens is 2. The van der Waals surface area contributed by atoms with E-state index in [-0.39, 0.29) is 6.04 Å². The summed E-state index contributed by atoms with van der Waals surface area (Å²) in [7, 11) is 0. The number of nitrogens with zero attached hydrogens (tertiary/aromatic N) is 3. The summed E-state index contributed by atoms with van der Waals surface area (Å²) >= 11 is 0. The Labute approximate surface area is 176 Å². The maximum atomic E-state index is 4.95. The molecule has 1 aromatic carbocycles. The molecule has 1 aliphatic heterocycles. The molecule has 0 saturated carbocycles. The highest BCUT2D eigenvalue weighted by Crippen LogP contribution is 2.41. The molecule has 3 heteroatoms. The van der Waals surface area contributed by atoms with Gasteiger partial charge < -0.3 is 4.57 Å². The predicted octanol–water partition coefficient (Wildman–Crippen LogP) is 6.32. The van der Waals surface area contributed by atoms with Crippen LogP contribution in [0.1, 0.15) is 68.9 Å². The van der Waals surface area contributed by atoms with Gasteiger partial charge in [0.1, 0.15) is 5.82 Å². The van der Waals surface area contributed by atoms with Crippen LogP contribution in [0.4, 0.5) is 0 Å². The van der Waals surface area contributed by atoms with E-state index in [0.717, 1.165) is 19.4 Å². The summed E-state index contributed by atoms with van der Waals surface area (Å²) in [6.45, 7) is 14.3. The van der Waals surface area contributed by atoms with Crippen molar-refractivity contribution < 1.29 is 0 Å². The number of aryl methyl sites for hydroxylation is 2. The highest BCUT2D eigenvalue weighted by atomic mass is 15.2. The number of imidazole rings is 1. The largest absolute Gasteiger partial charge is 0.302 e. The summed E-state index contributed by atoms with van der Waals surface area (Å²) in [4.78, 5) is 7.64. The van der Waals surface area contributed by atoms with Crippen LogP contribution in [0.3, 0.4) is 0 Å². The van der Waals surface area contributed by atoms with Crippen molar-refractivity contribution in [1.82, 2.24) is 14.5 Å². The zero-order valence-electron chi connectivity index (χ0n) is 18.5. The minimum atomic E-state index is 0.271. The predicted molar refractivity (Wildman–Crippen MR) is 121 cm³/mol. The zero-order valence-corrected chi connectivity index (χ0v) is 18.5. The van der Waals surface area contributed by atoms with Gasteiger partial charge in [-0.15, -0.1) is 0 Å². The molecule has 2 heterocycles. The molecule has 3 atom stereocenters. The molecule has 3 nitrogen and oxygen atoms in total. The zero-order chi connectivity index (χ0) is 20.5. The highest BCUT2D eigenvalue weighted by molar-refractivity contribution is 5.48. The Balaban J connectivity index is 1.78. The molecule has 0 spiro atoms. The third kappa shape index (κ3) is 3.85. The van der Waals surface area contributed by atoms with Crippen molar-refractivity contribution >= 4 is 0 Å². The average Bonchev–Trinajstić information content (AvgIpc) is 3.33. The van der Waals surface area contributed by atoms with Gasteiger partial charge in [0.25, 0.3) is 0 Å². The Morgan fingerprint density at radius 1 is 1.21 bits per heavy atom. The Kier molecular flexibility index (Phi) is 5.78. The smallest absolute Gasteiger partial charge is 0.134 e. The lowest BCUT2D eigenvalue weighted by Gasteiger charge is -2.36. The number of hydrogen-bond acceptors (Lipinski definition) is 2. The highest BCUT2D eigenvalue weighted by Gasteiger charge is 2.35. The molecule has 4 rings (SSSR count). The van der Waals surface area contributed by atoms with Gasteiger partial charge in [-0.1, -0.05) is 36.4 Å². The number of rotatable bonds is 5. The summed E-state index contributed by atoms with van der Waals surface area (Å²) in [5, 5.41) is 0. The number of hydrogen-bond donors (Lipinski definition) is 0. The molecule has 2 unspecified atom stereocenters. The molecular weight excluding hydrogens is 354 g/mol. The quantitative estimate of drug-likeness (QED) is 0.558. The first kappa shape index (κ1) is 20.2. The number of allylic oxidation sites excluding steroid dienone is 2. The lowest BCUT2D eigenvalue weighted by molar-refractivity contribution is 0.201. The molecule has 29 heavy (non-hydrogen) atoms. The normalized spacial score (nSPS) is 23.8. The number of para-hydroxylation sites is 1. The number of benzene rings is 1. The average molecular weight is 390 g/mol. The lowest BCUT2D eigenvalue weighted by atomic mass is 9.82. The van der Waals surface area contributed by atoms with Crippen LogP contribution >= 0.6 is 0 Å². The van der Waals surface area contributed by atoms with Gasteiger partial charge in [-0.3, -0.25) is 4.90 Å². The molecule has 1 fully saturated rings. The molecular formula is C26H35N3. The summed E-state index contributed by atoms with van der Waals surface area (Å²) < 4.78 is 2.35. The van der Waals surface area contributed by atoms with Crippen molar-refractivity contribution in [3.05, 3.63) is 71.3 Å². The van der Waals surface area contributed by atoms with Crippen molar-refractivity contribution in [2.24, 2.45) is 5.92 Å². The van der Waals surface area contributed by atoms with Crippen LogP contribution in [0.2, 0.25) is 0 Å². The minimum Gasteiger partial charge on any atom is -0.302 e. The first-order valence-corrected chi connectivity index (χ1v) is 11.2. The monoisotopic (exact) mass is 389 g/mol. The Morgan fingerprint density at radius 2 is 1.97 bits per heavy atom. The standard InChI is InChI=1S/C26H35N3/c1-18(2)22-11-13-23(14-12-22)25(28-16-7-10-21(28)5)26-27-15-17-29(26)24-19(3)8-6-9-20(24)4/h6,8-9,13,15,17,21-22,25H,1,7,10-12,14,16H2,2-5H3/t21?,22-,25?/m1/s1. The van der Waals surface area contributed by atoms with Crippen molar-refractivity contribution in [3.63, 3.8) is 0 Å². The molecule has 2 aliphatic rings. The molecule has 1 aromatic heterocycles. The molecule has 0 bridgehead atoms. The van der Waals surface area contributed by atoms with Crippen LogP contribution in [0.5, 0.6) is 0 Å². The number of likely N-dealkylation sites (tertiary alicyclic amines) is 1. The van der Waals surface area contributed by atoms with E-state index >= 15 is 0 Å². The van der Waals surface area contributed by atoms with E-state index in [2.05, 4.69) is 74.2 Å². The van der Waals surface area contributed by atoms with Crippen LogP contribution in [0.25, 0.3) is 5.69 Å². The van der Waals surface area contributed by atoms with Crippen LogP contribution < -0.4 is 0 Å². The van der Waals surface area contributed by atoms with Crippen LogP contribution in [0.15, 0.2) is 54.4 Å². The second-order valence-electron chi connectivity index (χ2n) is 9.12. The Morgan fingerprint density at radius 3 is 2.55 bits per heavy atom. The van der Waals surface area contributed by atoms with Gasteiger partial charge in [-0.05, 0) is 89.0 Å². The van der Waals surface area contributed by atoms with Gasteiger partial charge in [-0.2, -0.15) is 0 Å². The fourth-order valence-electron chi connectivity index (χ4n) is 5.31. The van der Waals surface area contributed by atoms with E-state index in [1.54, 1.807) is 5.57 Å². The van der Waals surface area contributed by atoms with E-state index < -0.39 is 0 Å². The SMILES string of the molecule is C=C(C)[C@@H]1CC=C(C(c2nccn2-c2c(C)cccc2C)N2CCCC2C)CC1. The molecule has 154 valence electrons. The summed E-state index contributed by atoms with van der Waals surface area (Å²) in [5.41, 5.74) is 6.77. The molecule has 0 radical (unpaired) electrons. The van der Waals surface area contributed by atoms with E-state index in [1.807, 2.05) is 6.20 Å². The summed E-state index contributed by atoms with van der Waals surface area (Å²) in [5.74, 6) is 1.81. The first-order chi connectivity index (χ1) is 14.0. The molecule has 0 N–H and O–H groups in total. The van der Waals surface area contributed by atoms with Gasteiger partial charge in [0, 0.05) is 18.4 Å². The summed E-state index contributed by atoms with van der Waals surface area (Å²) in [6.07, 6.45) is 12.7. The molecule has 2 aromatic rings. The lowest BCUT2D eigenvalue weighted by Crippen LogP contribution is -2.35. The maximum Gasteiger partial charge on any atom is 0.134 e. The van der Waals surface area contributed by atoms with Crippen molar-refractivity contribution in [2.75, 3.05) is 6.54 Å². The summed E-state index contributed by atoms with van der Waals surface area (Å²) in [6, 6.07) is 7.43. The fourth-order valence-corrected chi connectivity index (χ4v) is 5.31. The molecule has 1 aliphatic carbocycles. The Hall–Kier alpha value is -2.13. The topological polar surface area (TPSA) is 21.1 Å². The van der Waals surface area contributed by atoms with Crippen molar-refractivity contribution in [1.29, 1.82) is 0 Å². The van der Waals surface area contributed by atoms with Crippen molar-refractivity contribution in [2.45, 2.75) is 71.9 Å². The molecule has 1 saturated heterocycles. The third-order valence-electron chi connectivity index (χ3n) is 7.02. The minimum absolute atomic E-state index is 0.271. The maximum absolute atomic E-state index is 4.95. The van der Waals surface area contributed by atoms with Crippen molar-refractivity contribution in [3.8, 4) is 5.69 Å². The van der Waals surface area contributed by atoms with E-state index in [4.69, 9.17) is 4.98 Å². The van der Waals surface area contributed by atoms with E-state index in [1.165, 1.54) is 47.5 Å². The van der Waals surface area contributed by atoms with E-state index in [9.17, 15) is 0 Å². The van der Waals surface area contributed by atoms with Gasteiger partial charge >= 0.3 is 0 Å². The van der Waals surface area contributed by atoms with Crippen LogP contribution in [0, 0.1) is 19.8 Å². The van der Waals surface area contributed by atoms with Crippen LogP contribution in [-0.2, 0) is 0 Å². The first-order valence-electron chi connectivity index (χ1n) is 11.2. The second kappa shape index (κ2) is 8.31. The Bertz CT molecular complexity index is 900. The van der Waals surface area contributed by atoms with Gasteiger partial charge in [-0.25, -0.2) is 4.98 Å². The van der Waals surface area contributed by atoms with E-state index in [0.29, 0.717) is 12.0 Å². The van der Waals surface area contributed by atoms with Gasteiger partial charge in [0.2, 0.25) is 0 Å². The fraction of sp³-hybridized carbons (Fsp3) is 0.500. The second-order valence-corrected chi connectivity index (χ2v) is 9.12. The van der Waals surface area contributed by atoms with Gasteiger partial charge in [0.15, 0.2) is 0 Å². The third-order valence-corrected chi connectivity index (χ3v) is 7.02. The van der Waals surface area contributed by atoms with Gasteiger partial charge in [0.05, 0.1) is 11.7 Å². The molecule has 0 amide bonds. The van der Waals surface area contributed by atoms with Crippen LogP contribution in [-0.4, -0.2) is 27.0 Å².